The normalized spacial score (nSPS) is 13.4. The summed E-state index contributed by atoms with van der Waals surface area (Å²) in [4.78, 5) is 12.7. The van der Waals surface area contributed by atoms with Crippen molar-refractivity contribution < 1.29 is 14.3 Å². The second-order valence-electron chi connectivity index (χ2n) is 5.37. The molecule has 0 aromatic heterocycles. The standard InChI is InChI=1S/C18H19NO3/c1-21-17-10-16-11-19(13-20)8-7-15(16)9-18(17)22-12-14-5-3-2-4-6-14/h2-6,9-10,13H,7-8,11-12H2,1H3. The molecule has 0 fully saturated rings. The van der Waals surface area contributed by atoms with Crippen LogP contribution in [0.4, 0.5) is 0 Å². The number of hydrogen-bond acceptors (Lipinski definition) is 3. The predicted octanol–water partition coefficient (Wildman–Crippen LogP) is 2.79. The molecule has 0 saturated heterocycles. The highest BCUT2D eigenvalue weighted by Gasteiger charge is 2.18. The smallest absolute Gasteiger partial charge is 0.210 e. The summed E-state index contributed by atoms with van der Waals surface area (Å²) in [5, 5.41) is 0. The molecule has 0 saturated carbocycles. The van der Waals surface area contributed by atoms with Crippen molar-refractivity contribution in [2.45, 2.75) is 19.6 Å². The first-order valence-electron chi connectivity index (χ1n) is 7.36. The summed E-state index contributed by atoms with van der Waals surface area (Å²) >= 11 is 0. The van der Waals surface area contributed by atoms with Gasteiger partial charge >= 0.3 is 0 Å². The zero-order valence-corrected chi connectivity index (χ0v) is 12.6. The first-order chi connectivity index (χ1) is 10.8. The van der Waals surface area contributed by atoms with E-state index in [0.717, 1.165) is 36.3 Å². The number of carbonyl (C=O) groups excluding carboxylic acids is 1. The summed E-state index contributed by atoms with van der Waals surface area (Å²) in [6, 6.07) is 14.1. The van der Waals surface area contributed by atoms with Gasteiger partial charge in [0.15, 0.2) is 11.5 Å². The van der Waals surface area contributed by atoms with Crippen LogP contribution in [0.3, 0.4) is 0 Å². The van der Waals surface area contributed by atoms with Crippen LogP contribution in [-0.2, 0) is 24.4 Å². The van der Waals surface area contributed by atoms with Gasteiger partial charge in [-0.2, -0.15) is 0 Å². The highest BCUT2D eigenvalue weighted by atomic mass is 16.5. The molecule has 0 bridgehead atoms. The van der Waals surface area contributed by atoms with E-state index < -0.39 is 0 Å². The molecule has 0 aliphatic carbocycles. The van der Waals surface area contributed by atoms with Gasteiger partial charge in [-0.25, -0.2) is 0 Å². The van der Waals surface area contributed by atoms with E-state index in [2.05, 4.69) is 0 Å². The number of ether oxygens (including phenoxy) is 2. The fraction of sp³-hybridized carbons (Fsp3) is 0.278. The quantitative estimate of drug-likeness (QED) is 0.797. The molecule has 3 rings (SSSR count). The van der Waals surface area contributed by atoms with Crippen LogP contribution in [0.2, 0.25) is 0 Å². The van der Waals surface area contributed by atoms with Crippen molar-refractivity contribution in [3.63, 3.8) is 0 Å². The third kappa shape index (κ3) is 3.06. The van der Waals surface area contributed by atoms with Gasteiger partial charge in [-0.15, -0.1) is 0 Å². The minimum atomic E-state index is 0.510. The second kappa shape index (κ2) is 6.52. The SMILES string of the molecule is COc1cc2c(cc1OCc1ccccc1)CCN(C=O)C2. The van der Waals surface area contributed by atoms with Crippen molar-refractivity contribution in [3.05, 3.63) is 59.2 Å². The summed E-state index contributed by atoms with van der Waals surface area (Å²) in [6.07, 6.45) is 1.75. The lowest BCUT2D eigenvalue weighted by Crippen LogP contribution is -2.29. The molecular formula is C18H19NO3. The number of fused-ring (bicyclic) bond motifs is 1. The van der Waals surface area contributed by atoms with E-state index in [-0.39, 0.29) is 0 Å². The van der Waals surface area contributed by atoms with Crippen molar-refractivity contribution in [2.75, 3.05) is 13.7 Å². The van der Waals surface area contributed by atoms with Crippen molar-refractivity contribution in [1.29, 1.82) is 0 Å². The number of nitrogens with zero attached hydrogens (tertiary/aromatic N) is 1. The Bertz CT molecular complexity index is 655. The number of hydrogen-bond donors (Lipinski definition) is 0. The molecule has 1 aliphatic heterocycles. The number of methoxy groups -OCH3 is 1. The van der Waals surface area contributed by atoms with Crippen LogP contribution >= 0.6 is 0 Å². The zero-order chi connectivity index (χ0) is 15.4. The molecule has 0 atom stereocenters. The lowest BCUT2D eigenvalue weighted by Gasteiger charge is -2.26. The minimum Gasteiger partial charge on any atom is -0.493 e. The van der Waals surface area contributed by atoms with Crippen molar-refractivity contribution in [1.82, 2.24) is 4.90 Å². The van der Waals surface area contributed by atoms with Gasteiger partial charge < -0.3 is 14.4 Å². The predicted molar refractivity (Wildman–Crippen MR) is 83.9 cm³/mol. The van der Waals surface area contributed by atoms with Crippen LogP contribution in [0.15, 0.2) is 42.5 Å². The molecule has 0 unspecified atom stereocenters. The highest BCUT2D eigenvalue weighted by Crippen LogP contribution is 2.33. The summed E-state index contributed by atoms with van der Waals surface area (Å²) < 4.78 is 11.4. The van der Waals surface area contributed by atoms with Crippen LogP contribution in [0.25, 0.3) is 0 Å². The highest BCUT2D eigenvalue weighted by molar-refractivity contribution is 5.53. The Morgan fingerprint density at radius 3 is 2.64 bits per heavy atom. The molecule has 1 heterocycles. The summed E-state index contributed by atoms with van der Waals surface area (Å²) in [6.45, 7) is 1.89. The van der Waals surface area contributed by atoms with Gasteiger partial charge in [0.25, 0.3) is 0 Å². The first-order valence-corrected chi connectivity index (χ1v) is 7.36. The number of rotatable bonds is 5. The molecule has 1 aliphatic rings. The number of carbonyl (C=O) groups is 1. The minimum absolute atomic E-state index is 0.510. The molecule has 114 valence electrons. The number of amides is 1. The largest absolute Gasteiger partial charge is 0.493 e. The van der Waals surface area contributed by atoms with Crippen LogP contribution in [0.5, 0.6) is 11.5 Å². The fourth-order valence-corrected chi connectivity index (χ4v) is 2.68. The van der Waals surface area contributed by atoms with E-state index in [4.69, 9.17) is 9.47 Å². The van der Waals surface area contributed by atoms with Crippen LogP contribution in [0, 0.1) is 0 Å². The zero-order valence-electron chi connectivity index (χ0n) is 12.6. The third-order valence-electron chi connectivity index (χ3n) is 3.91. The molecule has 2 aromatic carbocycles. The van der Waals surface area contributed by atoms with Gasteiger partial charge in [-0.05, 0) is 35.2 Å². The molecule has 4 heteroatoms. The van der Waals surface area contributed by atoms with Gasteiger partial charge in [-0.3, -0.25) is 4.79 Å². The van der Waals surface area contributed by atoms with Gasteiger partial charge in [0.2, 0.25) is 6.41 Å². The van der Waals surface area contributed by atoms with Crippen LogP contribution in [0.1, 0.15) is 16.7 Å². The lowest BCUT2D eigenvalue weighted by atomic mass is 9.99. The van der Waals surface area contributed by atoms with Gasteiger partial charge in [0.05, 0.1) is 7.11 Å². The Kier molecular flexibility index (Phi) is 4.28. The maximum absolute atomic E-state index is 10.9. The van der Waals surface area contributed by atoms with Crippen molar-refractivity contribution in [3.8, 4) is 11.5 Å². The Balaban J connectivity index is 1.81. The molecule has 0 N–H and O–H groups in total. The Morgan fingerprint density at radius 2 is 1.91 bits per heavy atom. The van der Waals surface area contributed by atoms with Crippen LogP contribution in [-0.4, -0.2) is 25.0 Å². The van der Waals surface area contributed by atoms with E-state index in [0.29, 0.717) is 18.9 Å². The summed E-state index contributed by atoms with van der Waals surface area (Å²) in [5.41, 5.74) is 3.47. The van der Waals surface area contributed by atoms with Crippen molar-refractivity contribution in [2.24, 2.45) is 0 Å². The van der Waals surface area contributed by atoms with E-state index >= 15 is 0 Å². The van der Waals surface area contributed by atoms with Gasteiger partial charge in [0, 0.05) is 13.1 Å². The maximum atomic E-state index is 10.9. The number of benzene rings is 2. The van der Waals surface area contributed by atoms with Crippen LogP contribution < -0.4 is 9.47 Å². The van der Waals surface area contributed by atoms with E-state index in [9.17, 15) is 4.79 Å². The summed E-state index contributed by atoms with van der Waals surface area (Å²) in [5.74, 6) is 1.46. The molecule has 0 spiro atoms. The molecular weight excluding hydrogens is 278 g/mol. The molecule has 0 radical (unpaired) electrons. The molecule has 4 nitrogen and oxygen atoms in total. The average Bonchev–Trinajstić information content (AvgIpc) is 2.59. The van der Waals surface area contributed by atoms with Gasteiger partial charge in [-0.1, -0.05) is 30.3 Å². The topological polar surface area (TPSA) is 38.8 Å². The van der Waals surface area contributed by atoms with Crippen molar-refractivity contribution >= 4 is 6.41 Å². The molecule has 2 aromatic rings. The van der Waals surface area contributed by atoms with E-state index in [1.807, 2.05) is 42.5 Å². The molecule has 1 amide bonds. The lowest BCUT2D eigenvalue weighted by molar-refractivity contribution is -0.118. The van der Waals surface area contributed by atoms with E-state index in [1.54, 1.807) is 12.0 Å². The summed E-state index contributed by atoms with van der Waals surface area (Å²) in [7, 11) is 1.64. The fourth-order valence-electron chi connectivity index (χ4n) is 2.68. The van der Waals surface area contributed by atoms with Gasteiger partial charge in [0.1, 0.15) is 6.61 Å². The Labute approximate surface area is 130 Å². The first kappa shape index (κ1) is 14.4. The second-order valence-corrected chi connectivity index (χ2v) is 5.37. The van der Waals surface area contributed by atoms with E-state index in [1.165, 1.54) is 5.56 Å². The Hall–Kier alpha value is -2.49. The monoisotopic (exact) mass is 297 g/mol. The third-order valence-corrected chi connectivity index (χ3v) is 3.91. The Morgan fingerprint density at radius 1 is 1.14 bits per heavy atom. The average molecular weight is 297 g/mol. The maximum Gasteiger partial charge on any atom is 0.210 e. The molecule has 22 heavy (non-hydrogen) atoms.